The number of rotatable bonds is 1. The maximum Gasteiger partial charge on any atom is 0.370 e. The van der Waals surface area contributed by atoms with Gasteiger partial charge >= 0.3 is 12.1 Å². The molecule has 0 atom stereocenters. The Morgan fingerprint density at radius 2 is 1.25 bits per heavy atom. The average molecular weight is 223 g/mol. The maximum absolute atomic E-state index is 11.4. The molecule has 0 aromatic rings. The monoisotopic (exact) mass is 223 g/mol. The van der Waals surface area contributed by atoms with Gasteiger partial charge in [-0.25, -0.2) is 14.5 Å². The molecule has 2 aliphatic rings. The molecule has 5 heteroatoms. The molecule has 2 rings (SSSR count). The van der Waals surface area contributed by atoms with E-state index in [9.17, 15) is 9.59 Å². The number of hydrogen-bond acceptors (Lipinski definition) is 2. The largest absolute Gasteiger partial charge is 0.370 e. The fourth-order valence-electron chi connectivity index (χ4n) is 2.45. The molecule has 1 aliphatic heterocycles. The van der Waals surface area contributed by atoms with E-state index in [4.69, 9.17) is 0 Å². The van der Waals surface area contributed by atoms with Gasteiger partial charge in [0.2, 0.25) is 0 Å². The van der Waals surface area contributed by atoms with Crippen LogP contribution in [0.2, 0.25) is 0 Å². The number of amides is 4. The fourth-order valence-corrected chi connectivity index (χ4v) is 2.45. The molecule has 0 aromatic carbocycles. The molecule has 0 aromatic heterocycles. The zero-order valence-electron chi connectivity index (χ0n) is 9.39. The quantitative estimate of drug-likeness (QED) is 0.683. The van der Waals surface area contributed by atoms with Gasteiger partial charge in [0, 0.05) is 6.04 Å². The lowest BCUT2D eigenvalue weighted by Gasteiger charge is -2.23. The van der Waals surface area contributed by atoms with Crippen LogP contribution in [-0.2, 0) is 0 Å². The number of hydrogen-bond donors (Lipinski definition) is 0. The number of nitrogens with zero attached hydrogens (tertiary/aromatic N) is 3. The van der Waals surface area contributed by atoms with E-state index in [2.05, 4.69) is 10.2 Å². The van der Waals surface area contributed by atoms with Gasteiger partial charge in [-0.1, -0.05) is 48.8 Å². The van der Waals surface area contributed by atoms with Crippen LogP contribution in [0.25, 0.3) is 0 Å². The fraction of sp³-hybridized carbons (Fsp3) is 0.818. The van der Waals surface area contributed by atoms with Crippen LogP contribution in [0.4, 0.5) is 9.59 Å². The third-order valence-electron chi connectivity index (χ3n) is 3.32. The molecule has 16 heavy (non-hydrogen) atoms. The van der Waals surface area contributed by atoms with E-state index >= 15 is 0 Å². The van der Waals surface area contributed by atoms with Crippen molar-refractivity contribution >= 4 is 12.1 Å². The summed E-state index contributed by atoms with van der Waals surface area (Å²) in [6, 6.07) is -0.934. The molecule has 1 saturated carbocycles. The van der Waals surface area contributed by atoms with E-state index in [0.717, 1.165) is 25.7 Å². The van der Waals surface area contributed by atoms with E-state index in [0.29, 0.717) is 0 Å². The summed E-state index contributed by atoms with van der Waals surface area (Å²) in [5.41, 5.74) is 0. The summed E-state index contributed by atoms with van der Waals surface area (Å²) in [7, 11) is 0. The summed E-state index contributed by atoms with van der Waals surface area (Å²) < 4.78 is 0. The van der Waals surface area contributed by atoms with E-state index in [-0.39, 0.29) is 6.04 Å². The Kier molecular flexibility index (Phi) is 3.64. The highest BCUT2D eigenvalue weighted by molar-refractivity contribution is 5.98. The highest BCUT2D eigenvalue weighted by Crippen LogP contribution is 2.24. The Morgan fingerprint density at radius 1 is 0.812 bits per heavy atom. The van der Waals surface area contributed by atoms with Crippen LogP contribution in [0.5, 0.6) is 0 Å². The third-order valence-corrected chi connectivity index (χ3v) is 3.32. The van der Waals surface area contributed by atoms with Crippen LogP contribution in [0, 0.1) is 0 Å². The molecule has 0 unspecified atom stereocenters. The van der Waals surface area contributed by atoms with E-state index < -0.39 is 12.1 Å². The molecule has 0 N–H and O–H groups in total. The van der Waals surface area contributed by atoms with Crippen molar-refractivity contribution in [1.82, 2.24) is 4.90 Å². The lowest BCUT2D eigenvalue weighted by Crippen LogP contribution is -2.38. The summed E-state index contributed by atoms with van der Waals surface area (Å²) in [5.74, 6) is 0. The van der Waals surface area contributed by atoms with Crippen LogP contribution in [-0.4, -0.2) is 23.0 Å². The topological polar surface area (TPSA) is 62.1 Å². The van der Waals surface area contributed by atoms with E-state index in [1.54, 1.807) is 0 Å². The number of urea groups is 2. The third kappa shape index (κ3) is 2.46. The molecule has 88 valence electrons. The number of imide groups is 1. The molecular weight excluding hydrogens is 206 g/mol. The first kappa shape index (κ1) is 11.2. The molecule has 0 spiro atoms. The Hall–Kier alpha value is -1.26. The van der Waals surface area contributed by atoms with Crippen molar-refractivity contribution in [2.45, 2.75) is 57.4 Å². The van der Waals surface area contributed by atoms with Crippen molar-refractivity contribution in [2.24, 2.45) is 10.2 Å². The first-order valence-electron chi connectivity index (χ1n) is 6.08. The van der Waals surface area contributed by atoms with Gasteiger partial charge < -0.3 is 0 Å². The molecule has 0 radical (unpaired) electrons. The van der Waals surface area contributed by atoms with Gasteiger partial charge in [-0.15, -0.1) is 0 Å². The standard InChI is InChI=1S/C11H17N3O2/c15-10-12-13-11(16)14(10)9-7-5-3-1-2-4-6-8-9/h9H,1-8H2. The van der Waals surface area contributed by atoms with Crippen molar-refractivity contribution in [2.75, 3.05) is 0 Å². The maximum atomic E-state index is 11.4. The van der Waals surface area contributed by atoms with Crippen LogP contribution in [0.1, 0.15) is 51.4 Å². The minimum atomic E-state index is -0.478. The molecule has 0 saturated heterocycles. The Balaban J connectivity index is 2.00. The normalized spacial score (nSPS) is 24.4. The molecule has 1 aliphatic carbocycles. The van der Waals surface area contributed by atoms with Crippen LogP contribution >= 0.6 is 0 Å². The van der Waals surface area contributed by atoms with Crippen molar-refractivity contribution in [3.63, 3.8) is 0 Å². The molecule has 4 amide bonds. The molecular formula is C11H17N3O2. The summed E-state index contributed by atoms with van der Waals surface area (Å²) >= 11 is 0. The van der Waals surface area contributed by atoms with Gasteiger partial charge in [-0.3, -0.25) is 0 Å². The summed E-state index contributed by atoms with van der Waals surface area (Å²) in [4.78, 5) is 24.1. The van der Waals surface area contributed by atoms with Gasteiger partial charge in [0.1, 0.15) is 0 Å². The molecule has 5 nitrogen and oxygen atoms in total. The first-order valence-corrected chi connectivity index (χ1v) is 6.08. The number of azo groups is 1. The minimum absolute atomic E-state index is 0.0214. The Bertz CT molecular complexity index is 286. The van der Waals surface area contributed by atoms with Gasteiger partial charge in [0.15, 0.2) is 0 Å². The van der Waals surface area contributed by atoms with Crippen LogP contribution < -0.4 is 0 Å². The predicted molar refractivity (Wildman–Crippen MR) is 58.2 cm³/mol. The molecule has 0 bridgehead atoms. The van der Waals surface area contributed by atoms with E-state index in [1.807, 2.05) is 0 Å². The second-order valence-corrected chi connectivity index (χ2v) is 4.49. The second kappa shape index (κ2) is 5.18. The lowest BCUT2D eigenvalue weighted by atomic mass is 10.0. The SMILES string of the molecule is O=C1N=NC(=O)N1C1CCCCCCCC1. The van der Waals surface area contributed by atoms with Crippen molar-refractivity contribution in [3.05, 3.63) is 0 Å². The molecule has 1 fully saturated rings. The van der Waals surface area contributed by atoms with Crippen molar-refractivity contribution in [1.29, 1.82) is 0 Å². The summed E-state index contributed by atoms with van der Waals surface area (Å²) in [5, 5.41) is 6.63. The number of carbonyl (C=O) groups is 2. The molecule has 1 heterocycles. The van der Waals surface area contributed by atoms with Gasteiger partial charge in [0.05, 0.1) is 0 Å². The second-order valence-electron chi connectivity index (χ2n) is 4.49. The predicted octanol–water partition coefficient (Wildman–Crippen LogP) is 3.50. The Morgan fingerprint density at radius 3 is 1.75 bits per heavy atom. The first-order chi connectivity index (χ1) is 7.79. The smallest absolute Gasteiger partial charge is 0.244 e. The van der Waals surface area contributed by atoms with E-state index in [1.165, 1.54) is 30.6 Å². The van der Waals surface area contributed by atoms with Crippen LogP contribution in [0.15, 0.2) is 10.2 Å². The highest BCUT2D eigenvalue weighted by atomic mass is 16.2. The Labute approximate surface area is 94.9 Å². The highest BCUT2D eigenvalue weighted by Gasteiger charge is 2.33. The minimum Gasteiger partial charge on any atom is -0.244 e. The van der Waals surface area contributed by atoms with Crippen molar-refractivity contribution < 1.29 is 9.59 Å². The zero-order chi connectivity index (χ0) is 11.4. The zero-order valence-corrected chi connectivity index (χ0v) is 9.39. The van der Waals surface area contributed by atoms with Gasteiger partial charge in [-0.05, 0) is 12.8 Å². The number of carbonyl (C=O) groups excluding carboxylic acids is 2. The lowest BCUT2D eigenvalue weighted by molar-refractivity contribution is 0.182. The summed E-state index contributed by atoms with van der Waals surface area (Å²) in [6.45, 7) is 0. The van der Waals surface area contributed by atoms with Gasteiger partial charge in [0.25, 0.3) is 0 Å². The van der Waals surface area contributed by atoms with Crippen molar-refractivity contribution in [3.8, 4) is 0 Å². The summed E-state index contributed by atoms with van der Waals surface area (Å²) in [6.07, 6.45) is 8.91. The average Bonchev–Trinajstić information content (AvgIpc) is 2.65. The van der Waals surface area contributed by atoms with Crippen LogP contribution in [0.3, 0.4) is 0 Å². The van der Waals surface area contributed by atoms with Gasteiger partial charge in [-0.2, -0.15) is 0 Å².